The first kappa shape index (κ1) is 13.3. The molecule has 102 valence electrons. The Morgan fingerprint density at radius 1 is 1.15 bits per heavy atom. The zero-order valence-electron chi connectivity index (χ0n) is 10.4. The van der Waals surface area contributed by atoms with Crippen LogP contribution in [0.4, 0.5) is 10.1 Å². The molecule has 20 heavy (non-hydrogen) atoms. The van der Waals surface area contributed by atoms with Crippen molar-refractivity contribution in [3.05, 3.63) is 64.0 Å². The van der Waals surface area contributed by atoms with Gasteiger partial charge in [-0.3, -0.25) is 0 Å². The third-order valence-electron chi connectivity index (χ3n) is 3.15. The second-order valence-corrected chi connectivity index (χ2v) is 5.30. The van der Waals surface area contributed by atoms with Gasteiger partial charge in [0, 0.05) is 28.7 Å². The summed E-state index contributed by atoms with van der Waals surface area (Å²) in [6.07, 6.45) is 1.89. The lowest BCUT2D eigenvalue weighted by atomic mass is 10.1. The summed E-state index contributed by atoms with van der Waals surface area (Å²) in [6, 6.07) is 10.5. The molecule has 0 unspecified atom stereocenters. The van der Waals surface area contributed by atoms with Crippen LogP contribution < -0.4 is 5.32 Å². The van der Waals surface area contributed by atoms with E-state index in [1.165, 1.54) is 6.07 Å². The number of aromatic nitrogens is 1. The molecule has 0 saturated heterocycles. The molecule has 0 atom stereocenters. The van der Waals surface area contributed by atoms with Crippen molar-refractivity contribution >= 4 is 39.8 Å². The van der Waals surface area contributed by atoms with Gasteiger partial charge >= 0.3 is 0 Å². The number of nitrogens with one attached hydrogen (secondary N) is 2. The summed E-state index contributed by atoms with van der Waals surface area (Å²) in [6.45, 7) is 0.499. The Morgan fingerprint density at radius 3 is 2.85 bits per heavy atom. The van der Waals surface area contributed by atoms with Crippen LogP contribution in [0.3, 0.4) is 0 Å². The SMILES string of the molecule is Fc1c(Cl)cccc1NCc1c[nH]c2cc(Cl)ccc12. The molecule has 2 aromatic carbocycles. The first-order valence-electron chi connectivity index (χ1n) is 6.08. The number of benzene rings is 2. The molecule has 1 heterocycles. The van der Waals surface area contributed by atoms with E-state index in [-0.39, 0.29) is 5.02 Å². The van der Waals surface area contributed by atoms with Gasteiger partial charge in [0.1, 0.15) is 0 Å². The Balaban J connectivity index is 1.85. The highest BCUT2D eigenvalue weighted by atomic mass is 35.5. The molecule has 2 N–H and O–H groups in total. The maximum Gasteiger partial charge on any atom is 0.164 e. The van der Waals surface area contributed by atoms with E-state index in [2.05, 4.69) is 10.3 Å². The predicted octanol–water partition coefficient (Wildman–Crippen LogP) is 5.23. The van der Waals surface area contributed by atoms with E-state index in [1.807, 2.05) is 24.4 Å². The second-order valence-electron chi connectivity index (χ2n) is 4.46. The molecule has 1 aromatic heterocycles. The smallest absolute Gasteiger partial charge is 0.164 e. The van der Waals surface area contributed by atoms with Crippen LogP contribution in [0.5, 0.6) is 0 Å². The molecule has 0 aliphatic heterocycles. The normalized spacial score (nSPS) is 10.9. The van der Waals surface area contributed by atoms with Crippen LogP contribution in [-0.4, -0.2) is 4.98 Å². The molecule has 2 nitrogen and oxygen atoms in total. The van der Waals surface area contributed by atoms with E-state index in [1.54, 1.807) is 12.1 Å². The zero-order chi connectivity index (χ0) is 14.1. The maximum atomic E-state index is 13.8. The summed E-state index contributed by atoms with van der Waals surface area (Å²) in [7, 11) is 0. The summed E-state index contributed by atoms with van der Waals surface area (Å²) >= 11 is 11.7. The van der Waals surface area contributed by atoms with Gasteiger partial charge in [0.15, 0.2) is 5.82 Å². The van der Waals surface area contributed by atoms with Crippen LogP contribution in [-0.2, 0) is 6.54 Å². The molecule has 0 radical (unpaired) electrons. The third kappa shape index (κ3) is 2.47. The summed E-state index contributed by atoms with van der Waals surface area (Å²) in [4.78, 5) is 3.15. The van der Waals surface area contributed by atoms with Gasteiger partial charge in [0.2, 0.25) is 0 Å². The number of halogens is 3. The number of anilines is 1. The minimum Gasteiger partial charge on any atom is -0.378 e. The van der Waals surface area contributed by atoms with Crippen LogP contribution in [0.1, 0.15) is 5.56 Å². The lowest BCUT2D eigenvalue weighted by Gasteiger charge is -2.07. The van der Waals surface area contributed by atoms with E-state index < -0.39 is 5.82 Å². The number of aromatic amines is 1. The van der Waals surface area contributed by atoms with Crippen LogP contribution in [0, 0.1) is 5.82 Å². The van der Waals surface area contributed by atoms with E-state index in [4.69, 9.17) is 23.2 Å². The summed E-state index contributed by atoms with van der Waals surface area (Å²) in [5.41, 5.74) is 2.39. The molecule has 0 aliphatic carbocycles. The minimum absolute atomic E-state index is 0.112. The monoisotopic (exact) mass is 308 g/mol. The van der Waals surface area contributed by atoms with Crippen molar-refractivity contribution in [2.45, 2.75) is 6.54 Å². The molecule has 5 heteroatoms. The Labute approximate surface area is 125 Å². The predicted molar refractivity (Wildman–Crippen MR) is 82.0 cm³/mol. The second kappa shape index (κ2) is 5.35. The zero-order valence-corrected chi connectivity index (χ0v) is 11.9. The molecule has 0 aliphatic rings. The quantitative estimate of drug-likeness (QED) is 0.681. The van der Waals surface area contributed by atoms with Gasteiger partial charge in [-0.15, -0.1) is 0 Å². The van der Waals surface area contributed by atoms with Crippen molar-refractivity contribution in [3.8, 4) is 0 Å². The van der Waals surface area contributed by atoms with Crippen LogP contribution in [0.25, 0.3) is 10.9 Å². The first-order chi connectivity index (χ1) is 9.65. The number of fused-ring (bicyclic) bond motifs is 1. The third-order valence-corrected chi connectivity index (χ3v) is 3.68. The summed E-state index contributed by atoms with van der Waals surface area (Å²) in [5.74, 6) is -0.433. The Kier molecular flexibility index (Phi) is 3.55. The molecule has 3 aromatic rings. The van der Waals surface area contributed by atoms with Gasteiger partial charge in [-0.1, -0.05) is 35.3 Å². The van der Waals surface area contributed by atoms with Gasteiger partial charge in [-0.25, -0.2) is 4.39 Å². The van der Waals surface area contributed by atoms with Gasteiger partial charge < -0.3 is 10.3 Å². The average molecular weight is 309 g/mol. The van der Waals surface area contributed by atoms with E-state index >= 15 is 0 Å². The van der Waals surface area contributed by atoms with E-state index in [0.29, 0.717) is 17.3 Å². The Morgan fingerprint density at radius 2 is 2.00 bits per heavy atom. The lowest BCUT2D eigenvalue weighted by Crippen LogP contribution is -2.01. The molecular formula is C15H11Cl2FN2. The number of hydrogen-bond donors (Lipinski definition) is 2. The molecular weight excluding hydrogens is 298 g/mol. The maximum absolute atomic E-state index is 13.8. The minimum atomic E-state index is -0.433. The van der Waals surface area contributed by atoms with Gasteiger partial charge in [-0.2, -0.15) is 0 Å². The Bertz CT molecular complexity index is 768. The van der Waals surface area contributed by atoms with Gasteiger partial charge in [-0.05, 0) is 29.8 Å². The van der Waals surface area contributed by atoms with Gasteiger partial charge in [0.05, 0.1) is 10.7 Å². The molecule has 0 fully saturated rings. The fraction of sp³-hybridized carbons (Fsp3) is 0.0667. The molecule has 0 saturated carbocycles. The number of hydrogen-bond acceptors (Lipinski definition) is 1. The van der Waals surface area contributed by atoms with Crippen molar-refractivity contribution in [2.24, 2.45) is 0 Å². The van der Waals surface area contributed by atoms with Crippen LogP contribution in [0.15, 0.2) is 42.6 Å². The molecule has 0 bridgehead atoms. The standard InChI is InChI=1S/C15H11Cl2FN2/c16-10-4-5-11-9(8-20-14(11)6-10)7-19-13-3-1-2-12(17)15(13)18/h1-6,8,19-20H,7H2. The fourth-order valence-electron chi connectivity index (χ4n) is 2.14. The number of H-pyrrole nitrogens is 1. The van der Waals surface area contributed by atoms with Crippen molar-refractivity contribution < 1.29 is 4.39 Å². The van der Waals surface area contributed by atoms with Gasteiger partial charge in [0.25, 0.3) is 0 Å². The van der Waals surface area contributed by atoms with E-state index in [0.717, 1.165) is 16.5 Å². The largest absolute Gasteiger partial charge is 0.378 e. The highest BCUT2D eigenvalue weighted by Gasteiger charge is 2.08. The molecule has 0 spiro atoms. The topological polar surface area (TPSA) is 27.8 Å². The molecule has 3 rings (SSSR count). The summed E-state index contributed by atoms with van der Waals surface area (Å²) in [5, 5.41) is 4.90. The van der Waals surface area contributed by atoms with Crippen LogP contribution in [0.2, 0.25) is 10.0 Å². The summed E-state index contributed by atoms with van der Waals surface area (Å²) < 4.78 is 13.8. The highest BCUT2D eigenvalue weighted by molar-refractivity contribution is 6.31. The van der Waals surface area contributed by atoms with Crippen molar-refractivity contribution in [2.75, 3.05) is 5.32 Å². The van der Waals surface area contributed by atoms with Crippen molar-refractivity contribution in [3.63, 3.8) is 0 Å². The van der Waals surface area contributed by atoms with Crippen molar-refractivity contribution in [1.82, 2.24) is 4.98 Å². The first-order valence-corrected chi connectivity index (χ1v) is 6.84. The lowest BCUT2D eigenvalue weighted by molar-refractivity contribution is 0.630. The Hall–Kier alpha value is -1.71. The fourth-order valence-corrected chi connectivity index (χ4v) is 2.48. The molecule has 0 amide bonds. The van der Waals surface area contributed by atoms with E-state index in [9.17, 15) is 4.39 Å². The number of rotatable bonds is 3. The highest BCUT2D eigenvalue weighted by Crippen LogP contribution is 2.25. The van der Waals surface area contributed by atoms with Crippen LogP contribution >= 0.6 is 23.2 Å². The van der Waals surface area contributed by atoms with Crippen molar-refractivity contribution in [1.29, 1.82) is 0 Å². The average Bonchev–Trinajstić information content (AvgIpc) is 2.83.